The first kappa shape index (κ1) is 15.6. The maximum atomic E-state index is 11.1. The number of aliphatic hydroxyl groups excluding tert-OH is 2. The molecule has 0 radical (unpaired) electrons. The first-order chi connectivity index (χ1) is 13.1. The van der Waals surface area contributed by atoms with Gasteiger partial charge >= 0.3 is 0 Å². The van der Waals surface area contributed by atoms with Crippen LogP contribution in [0.1, 0.15) is 40.3 Å². The van der Waals surface area contributed by atoms with E-state index in [2.05, 4.69) is 4.90 Å². The lowest BCUT2D eigenvalue weighted by Gasteiger charge is -2.48. The standard InChI is InChI=1S/C20H19NO6/c1-21-6-12-9(2-3-13-20(12)27-8-24-13)16-17(21)10-4-14-15(26-7-25-14)5-11(10)18(22)19(16)23/h2-5,16-19,22-23H,6-8H2,1H3. The van der Waals surface area contributed by atoms with Crippen molar-refractivity contribution in [1.82, 2.24) is 4.90 Å². The van der Waals surface area contributed by atoms with Gasteiger partial charge in [-0.1, -0.05) is 6.07 Å². The van der Waals surface area contributed by atoms with Gasteiger partial charge in [0, 0.05) is 24.1 Å². The number of fused-ring (bicyclic) bond motifs is 8. The lowest BCUT2D eigenvalue weighted by atomic mass is 9.69. The van der Waals surface area contributed by atoms with Gasteiger partial charge in [0.25, 0.3) is 0 Å². The smallest absolute Gasteiger partial charge is 0.231 e. The van der Waals surface area contributed by atoms with E-state index in [-0.39, 0.29) is 25.5 Å². The molecule has 0 saturated carbocycles. The molecule has 0 fully saturated rings. The first-order valence-corrected chi connectivity index (χ1v) is 9.04. The highest BCUT2D eigenvalue weighted by atomic mass is 16.7. The Morgan fingerprint density at radius 1 is 0.889 bits per heavy atom. The molecular formula is C20H19NO6. The number of nitrogens with zero attached hydrogens (tertiary/aromatic N) is 1. The second-order valence-corrected chi connectivity index (χ2v) is 7.52. The molecule has 0 aromatic heterocycles. The van der Waals surface area contributed by atoms with Gasteiger partial charge in [-0.2, -0.15) is 0 Å². The molecule has 3 aliphatic heterocycles. The van der Waals surface area contributed by atoms with E-state index in [4.69, 9.17) is 18.9 Å². The first-order valence-electron chi connectivity index (χ1n) is 9.04. The molecule has 0 amide bonds. The molecule has 140 valence electrons. The van der Waals surface area contributed by atoms with Crippen LogP contribution in [0.25, 0.3) is 0 Å². The van der Waals surface area contributed by atoms with Crippen molar-refractivity contribution in [2.75, 3.05) is 20.6 Å². The number of likely N-dealkylation sites (N-methyl/N-ethyl adjacent to an activating group) is 1. The summed E-state index contributed by atoms with van der Waals surface area (Å²) in [5.74, 6) is 2.49. The highest BCUT2D eigenvalue weighted by Crippen LogP contribution is 2.56. The summed E-state index contributed by atoms with van der Waals surface area (Å²) < 4.78 is 22.2. The van der Waals surface area contributed by atoms with Gasteiger partial charge in [-0.3, -0.25) is 4.90 Å². The van der Waals surface area contributed by atoms with Crippen molar-refractivity contribution in [3.63, 3.8) is 0 Å². The fourth-order valence-corrected chi connectivity index (χ4v) is 4.98. The molecule has 1 aliphatic carbocycles. The Labute approximate surface area is 155 Å². The average molecular weight is 369 g/mol. The molecule has 7 heteroatoms. The minimum absolute atomic E-state index is 0.0826. The predicted molar refractivity (Wildman–Crippen MR) is 93.0 cm³/mol. The van der Waals surface area contributed by atoms with Gasteiger partial charge in [-0.25, -0.2) is 0 Å². The Morgan fingerprint density at radius 3 is 2.41 bits per heavy atom. The van der Waals surface area contributed by atoms with Crippen LogP contribution >= 0.6 is 0 Å². The highest BCUT2D eigenvalue weighted by molar-refractivity contribution is 5.58. The summed E-state index contributed by atoms with van der Waals surface area (Å²) in [6.07, 6.45) is -1.94. The Kier molecular flexibility index (Phi) is 3.05. The van der Waals surface area contributed by atoms with Crippen LogP contribution in [0.5, 0.6) is 23.0 Å². The Hall–Kier alpha value is -2.48. The molecule has 2 aromatic carbocycles. The SMILES string of the molecule is CN1Cc2c(ccc3c2OCO3)C2C(O)C(O)c3cc4c(cc3C21)OCO4. The Bertz CT molecular complexity index is 960. The van der Waals surface area contributed by atoms with Gasteiger partial charge in [0.2, 0.25) is 13.6 Å². The van der Waals surface area contributed by atoms with Crippen molar-refractivity contribution in [3.8, 4) is 23.0 Å². The summed E-state index contributed by atoms with van der Waals surface area (Å²) in [4.78, 5) is 2.19. The van der Waals surface area contributed by atoms with E-state index < -0.39 is 12.2 Å². The molecule has 27 heavy (non-hydrogen) atoms. The van der Waals surface area contributed by atoms with Gasteiger partial charge in [-0.05, 0) is 41.9 Å². The zero-order chi connectivity index (χ0) is 18.3. The zero-order valence-corrected chi connectivity index (χ0v) is 14.7. The van der Waals surface area contributed by atoms with Crippen LogP contribution in [0, 0.1) is 0 Å². The third kappa shape index (κ3) is 1.96. The van der Waals surface area contributed by atoms with E-state index in [1.807, 2.05) is 25.2 Å². The highest BCUT2D eigenvalue weighted by Gasteiger charge is 2.48. The number of ether oxygens (including phenoxy) is 4. The van der Waals surface area contributed by atoms with Crippen LogP contribution in [0.15, 0.2) is 24.3 Å². The molecular weight excluding hydrogens is 350 g/mol. The fourth-order valence-electron chi connectivity index (χ4n) is 4.98. The third-order valence-corrected chi connectivity index (χ3v) is 6.17. The van der Waals surface area contributed by atoms with Crippen LogP contribution in [0.4, 0.5) is 0 Å². The third-order valence-electron chi connectivity index (χ3n) is 6.17. The number of rotatable bonds is 0. The van der Waals surface area contributed by atoms with E-state index in [0.29, 0.717) is 23.6 Å². The molecule has 4 aliphatic rings. The Morgan fingerprint density at radius 2 is 1.59 bits per heavy atom. The van der Waals surface area contributed by atoms with E-state index in [0.717, 1.165) is 28.2 Å². The van der Waals surface area contributed by atoms with Gasteiger partial charge < -0.3 is 29.2 Å². The predicted octanol–water partition coefficient (Wildman–Crippen LogP) is 1.82. The van der Waals surface area contributed by atoms with Crippen LogP contribution in [0.2, 0.25) is 0 Å². The lowest BCUT2D eigenvalue weighted by Crippen LogP contribution is -2.45. The molecule has 4 atom stereocenters. The number of hydrogen-bond acceptors (Lipinski definition) is 7. The molecule has 0 saturated heterocycles. The van der Waals surface area contributed by atoms with Gasteiger partial charge in [0.15, 0.2) is 23.0 Å². The maximum absolute atomic E-state index is 11.1. The van der Waals surface area contributed by atoms with E-state index in [1.54, 1.807) is 6.07 Å². The molecule has 2 aromatic rings. The van der Waals surface area contributed by atoms with E-state index in [9.17, 15) is 10.2 Å². The van der Waals surface area contributed by atoms with Crippen LogP contribution in [0.3, 0.4) is 0 Å². The quantitative estimate of drug-likeness (QED) is 0.733. The van der Waals surface area contributed by atoms with Crippen molar-refractivity contribution in [1.29, 1.82) is 0 Å². The van der Waals surface area contributed by atoms with Crippen molar-refractivity contribution in [2.45, 2.75) is 30.7 Å². The summed E-state index contributed by atoms with van der Waals surface area (Å²) in [5.41, 5.74) is 3.68. The number of benzene rings is 2. The van der Waals surface area contributed by atoms with Gasteiger partial charge in [0.1, 0.15) is 6.10 Å². The normalized spacial score (nSPS) is 29.9. The van der Waals surface area contributed by atoms with Crippen molar-refractivity contribution < 1.29 is 29.2 Å². The van der Waals surface area contributed by atoms with Crippen LogP contribution in [-0.2, 0) is 6.54 Å². The zero-order valence-electron chi connectivity index (χ0n) is 14.7. The molecule has 3 heterocycles. The lowest BCUT2D eigenvalue weighted by molar-refractivity contribution is -0.0381. The Balaban J connectivity index is 1.56. The summed E-state index contributed by atoms with van der Waals surface area (Å²) in [6.45, 7) is 1.05. The van der Waals surface area contributed by atoms with E-state index in [1.165, 1.54) is 0 Å². The van der Waals surface area contributed by atoms with Crippen LogP contribution in [-0.4, -0.2) is 41.9 Å². The minimum atomic E-state index is -1.000. The maximum Gasteiger partial charge on any atom is 0.231 e. The largest absolute Gasteiger partial charge is 0.454 e. The molecule has 4 unspecified atom stereocenters. The fraction of sp³-hybridized carbons (Fsp3) is 0.400. The van der Waals surface area contributed by atoms with Crippen LogP contribution < -0.4 is 18.9 Å². The van der Waals surface area contributed by atoms with Gasteiger partial charge in [0.05, 0.1) is 6.10 Å². The van der Waals surface area contributed by atoms with Crippen molar-refractivity contribution >= 4 is 0 Å². The summed E-state index contributed by atoms with van der Waals surface area (Å²) in [6, 6.07) is 7.53. The second-order valence-electron chi connectivity index (χ2n) is 7.52. The molecule has 2 N–H and O–H groups in total. The summed E-state index contributed by atoms with van der Waals surface area (Å²) in [7, 11) is 2.02. The topological polar surface area (TPSA) is 80.6 Å². The van der Waals surface area contributed by atoms with Crippen molar-refractivity contribution in [2.24, 2.45) is 0 Å². The molecule has 0 bridgehead atoms. The molecule has 0 spiro atoms. The minimum Gasteiger partial charge on any atom is -0.454 e. The monoisotopic (exact) mass is 369 g/mol. The summed E-state index contributed by atoms with van der Waals surface area (Å²) in [5, 5.41) is 21.9. The number of aliphatic hydroxyl groups is 2. The molecule has 7 nitrogen and oxygen atoms in total. The average Bonchev–Trinajstić information content (AvgIpc) is 3.32. The van der Waals surface area contributed by atoms with Crippen molar-refractivity contribution in [3.05, 3.63) is 46.5 Å². The summed E-state index contributed by atoms with van der Waals surface area (Å²) >= 11 is 0. The second kappa shape index (κ2) is 5.28. The molecule has 6 rings (SSSR count). The van der Waals surface area contributed by atoms with E-state index >= 15 is 0 Å². The number of hydrogen-bond donors (Lipinski definition) is 2. The van der Waals surface area contributed by atoms with Gasteiger partial charge in [-0.15, -0.1) is 0 Å².